The van der Waals surface area contributed by atoms with E-state index in [1.807, 2.05) is 4.68 Å². The third-order valence-electron chi connectivity index (χ3n) is 4.06. The Labute approximate surface area is 131 Å². The highest BCUT2D eigenvalue weighted by Crippen LogP contribution is 2.30. The minimum absolute atomic E-state index is 0.626. The lowest BCUT2D eigenvalue weighted by atomic mass is 10.2. The number of aromatic nitrogens is 2. The molecule has 1 aromatic heterocycles. The van der Waals surface area contributed by atoms with Gasteiger partial charge >= 0.3 is 0 Å². The molecule has 0 saturated heterocycles. The second kappa shape index (κ2) is 7.71. The van der Waals surface area contributed by atoms with Crippen LogP contribution in [0.15, 0.2) is 0 Å². The molecule has 5 heteroatoms. The molecule has 1 aromatic rings. The highest BCUT2D eigenvalue weighted by atomic mass is 35.5. The van der Waals surface area contributed by atoms with E-state index in [9.17, 15) is 0 Å². The fourth-order valence-corrected chi connectivity index (χ4v) is 4.55. The lowest BCUT2D eigenvalue weighted by Crippen LogP contribution is -2.34. The number of halogens is 1. The van der Waals surface area contributed by atoms with Crippen LogP contribution >= 0.6 is 23.4 Å². The first-order valence-electron chi connectivity index (χ1n) is 7.80. The summed E-state index contributed by atoms with van der Waals surface area (Å²) in [7, 11) is 0. The lowest BCUT2D eigenvalue weighted by molar-refractivity contribution is 0.504. The zero-order chi connectivity index (χ0) is 14.5. The maximum atomic E-state index is 6.46. The third-order valence-corrected chi connectivity index (χ3v) is 5.82. The standard InChI is InChI=1S/C15H26ClN3S/c1-4-11-15(16)13(19(5-2)18-11)10-17-12-8-7-9-14(12)20-6-3/h12,14,17H,4-10H2,1-3H3. The smallest absolute Gasteiger partial charge is 0.0863 e. The Morgan fingerprint density at radius 2 is 2.15 bits per heavy atom. The van der Waals surface area contributed by atoms with Crippen molar-refractivity contribution in [1.82, 2.24) is 15.1 Å². The molecule has 0 aromatic carbocycles. The molecular formula is C15H26ClN3S. The van der Waals surface area contributed by atoms with Crippen molar-refractivity contribution in [2.45, 2.75) is 70.8 Å². The number of thioether (sulfide) groups is 1. The van der Waals surface area contributed by atoms with Crippen LogP contribution in [-0.4, -0.2) is 26.8 Å². The van der Waals surface area contributed by atoms with E-state index in [-0.39, 0.29) is 0 Å². The van der Waals surface area contributed by atoms with Crippen LogP contribution in [0, 0.1) is 0 Å². The number of nitrogens with one attached hydrogen (secondary N) is 1. The first kappa shape index (κ1) is 16.2. The van der Waals surface area contributed by atoms with Gasteiger partial charge in [0.1, 0.15) is 0 Å². The van der Waals surface area contributed by atoms with Crippen LogP contribution in [0.2, 0.25) is 5.02 Å². The predicted octanol–water partition coefficient (Wildman–Crippen LogP) is 3.88. The van der Waals surface area contributed by atoms with Crippen LogP contribution < -0.4 is 5.32 Å². The first-order valence-corrected chi connectivity index (χ1v) is 9.22. The van der Waals surface area contributed by atoms with Crippen LogP contribution in [0.25, 0.3) is 0 Å². The molecule has 1 fully saturated rings. The molecule has 1 saturated carbocycles. The van der Waals surface area contributed by atoms with E-state index < -0.39 is 0 Å². The summed E-state index contributed by atoms with van der Waals surface area (Å²) in [5.41, 5.74) is 2.18. The molecule has 1 heterocycles. The molecule has 3 nitrogen and oxygen atoms in total. The van der Waals surface area contributed by atoms with Gasteiger partial charge in [-0.15, -0.1) is 0 Å². The quantitative estimate of drug-likeness (QED) is 0.828. The van der Waals surface area contributed by atoms with E-state index in [1.165, 1.54) is 25.0 Å². The Kier molecular flexibility index (Phi) is 6.24. The summed E-state index contributed by atoms with van der Waals surface area (Å²) >= 11 is 8.55. The molecular weight excluding hydrogens is 290 g/mol. The van der Waals surface area contributed by atoms with E-state index >= 15 is 0 Å². The van der Waals surface area contributed by atoms with Crippen molar-refractivity contribution < 1.29 is 0 Å². The average Bonchev–Trinajstić information content (AvgIpc) is 3.01. The summed E-state index contributed by atoms with van der Waals surface area (Å²) in [5, 5.41) is 9.93. The summed E-state index contributed by atoms with van der Waals surface area (Å²) in [6.07, 6.45) is 4.88. The average molecular weight is 316 g/mol. The Morgan fingerprint density at radius 1 is 1.35 bits per heavy atom. The minimum Gasteiger partial charge on any atom is -0.307 e. The number of aryl methyl sites for hydroxylation is 2. The molecule has 0 amide bonds. The first-order chi connectivity index (χ1) is 9.71. The highest BCUT2D eigenvalue weighted by molar-refractivity contribution is 7.99. The Balaban J connectivity index is 2.01. The molecule has 0 aliphatic heterocycles. The van der Waals surface area contributed by atoms with Gasteiger partial charge in [-0.1, -0.05) is 31.9 Å². The van der Waals surface area contributed by atoms with Gasteiger partial charge in [0.15, 0.2) is 0 Å². The summed E-state index contributed by atoms with van der Waals surface area (Å²) in [6.45, 7) is 8.20. The van der Waals surface area contributed by atoms with Crippen LogP contribution in [0.4, 0.5) is 0 Å². The lowest BCUT2D eigenvalue weighted by Gasteiger charge is -2.20. The highest BCUT2D eigenvalue weighted by Gasteiger charge is 2.27. The minimum atomic E-state index is 0.626. The molecule has 2 unspecified atom stereocenters. The normalized spacial score (nSPS) is 22.6. The molecule has 0 bridgehead atoms. The molecule has 20 heavy (non-hydrogen) atoms. The number of rotatable bonds is 7. The van der Waals surface area contributed by atoms with E-state index in [0.717, 1.165) is 41.2 Å². The molecule has 2 rings (SSSR count). The molecule has 114 valence electrons. The predicted molar refractivity (Wildman–Crippen MR) is 88.7 cm³/mol. The molecule has 1 N–H and O–H groups in total. The number of hydrogen-bond acceptors (Lipinski definition) is 3. The van der Waals surface area contributed by atoms with Gasteiger partial charge in [-0.05, 0) is 31.9 Å². The fourth-order valence-electron chi connectivity index (χ4n) is 2.99. The van der Waals surface area contributed by atoms with Crippen LogP contribution in [0.1, 0.15) is 51.4 Å². The Morgan fingerprint density at radius 3 is 2.80 bits per heavy atom. The monoisotopic (exact) mass is 315 g/mol. The molecule has 0 spiro atoms. The van der Waals surface area contributed by atoms with E-state index in [1.54, 1.807) is 0 Å². The largest absolute Gasteiger partial charge is 0.307 e. The Hall–Kier alpha value is -0.190. The zero-order valence-electron chi connectivity index (χ0n) is 12.8. The molecule has 2 atom stereocenters. The van der Waals surface area contributed by atoms with Gasteiger partial charge in [0, 0.05) is 24.4 Å². The van der Waals surface area contributed by atoms with E-state index in [0.29, 0.717) is 6.04 Å². The SMILES string of the molecule is CCSC1CCCC1NCc1c(Cl)c(CC)nn1CC. The van der Waals surface area contributed by atoms with Gasteiger partial charge in [0.25, 0.3) is 0 Å². The second-order valence-electron chi connectivity index (χ2n) is 5.29. The van der Waals surface area contributed by atoms with Gasteiger partial charge in [-0.2, -0.15) is 16.9 Å². The van der Waals surface area contributed by atoms with Gasteiger partial charge in [0.05, 0.1) is 16.4 Å². The Bertz CT molecular complexity index is 433. The van der Waals surface area contributed by atoms with Crippen molar-refractivity contribution in [3.63, 3.8) is 0 Å². The van der Waals surface area contributed by atoms with E-state index in [4.69, 9.17) is 11.6 Å². The summed E-state index contributed by atoms with van der Waals surface area (Å²) < 4.78 is 2.05. The van der Waals surface area contributed by atoms with Crippen molar-refractivity contribution >= 4 is 23.4 Å². The third kappa shape index (κ3) is 3.52. The van der Waals surface area contributed by atoms with Crippen molar-refractivity contribution in [2.24, 2.45) is 0 Å². The second-order valence-corrected chi connectivity index (χ2v) is 7.18. The maximum absolute atomic E-state index is 6.46. The molecule has 1 aliphatic carbocycles. The topological polar surface area (TPSA) is 29.9 Å². The molecule has 0 radical (unpaired) electrons. The summed E-state index contributed by atoms with van der Waals surface area (Å²) in [5.74, 6) is 1.20. The zero-order valence-corrected chi connectivity index (χ0v) is 14.4. The molecule has 1 aliphatic rings. The maximum Gasteiger partial charge on any atom is 0.0863 e. The summed E-state index contributed by atoms with van der Waals surface area (Å²) in [4.78, 5) is 0. The van der Waals surface area contributed by atoms with Crippen molar-refractivity contribution in [1.29, 1.82) is 0 Å². The number of nitrogens with zero attached hydrogens (tertiary/aromatic N) is 2. The van der Waals surface area contributed by atoms with E-state index in [2.05, 4.69) is 42.9 Å². The van der Waals surface area contributed by atoms with Crippen molar-refractivity contribution in [3.8, 4) is 0 Å². The van der Waals surface area contributed by atoms with Gasteiger partial charge in [0.2, 0.25) is 0 Å². The summed E-state index contributed by atoms with van der Waals surface area (Å²) in [6, 6.07) is 0.626. The van der Waals surface area contributed by atoms with Crippen LogP contribution in [-0.2, 0) is 19.5 Å². The van der Waals surface area contributed by atoms with Crippen LogP contribution in [0.3, 0.4) is 0 Å². The van der Waals surface area contributed by atoms with Crippen molar-refractivity contribution in [2.75, 3.05) is 5.75 Å². The number of hydrogen-bond donors (Lipinski definition) is 1. The van der Waals surface area contributed by atoms with Gasteiger partial charge in [-0.25, -0.2) is 0 Å². The van der Waals surface area contributed by atoms with Crippen LogP contribution in [0.5, 0.6) is 0 Å². The fraction of sp³-hybridized carbons (Fsp3) is 0.800. The van der Waals surface area contributed by atoms with Crippen molar-refractivity contribution in [3.05, 3.63) is 16.4 Å². The van der Waals surface area contributed by atoms with Gasteiger partial charge < -0.3 is 5.32 Å². The van der Waals surface area contributed by atoms with Gasteiger partial charge in [-0.3, -0.25) is 4.68 Å².